The van der Waals surface area contributed by atoms with Crippen LogP contribution < -0.4 is 16.0 Å². The zero-order valence-corrected chi connectivity index (χ0v) is 15.7. The lowest BCUT2D eigenvalue weighted by molar-refractivity contribution is -0.122. The molecule has 0 saturated carbocycles. The molecule has 0 radical (unpaired) electrons. The van der Waals surface area contributed by atoms with Crippen molar-refractivity contribution in [3.63, 3.8) is 0 Å². The van der Waals surface area contributed by atoms with Gasteiger partial charge in [-0.1, -0.05) is 38.1 Å². The molecule has 3 N–H and O–H groups in total. The van der Waals surface area contributed by atoms with Gasteiger partial charge in [0.25, 0.3) is 0 Å². The first-order chi connectivity index (χ1) is 12.1. The minimum absolute atomic E-state index is 0.0197. The zero-order valence-electron chi connectivity index (χ0n) is 15.7. The van der Waals surface area contributed by atoms with E-state index in [1.807, 2.05) is 19.2 Å². The van der Waals surface area contributed by atoms with Gasteiger partial charge in [-0.25, -0.2) is 0 Å². The van der Waals surface area contributed by atoms with Gasteiger partial charge in [-0.2, -0.15) is 0 Å². The molecule has 25 heavy (non-hydrogen) atoms. The predicted molar refractivity (Wildman–Crippen MR) is 104 cm³/mol. The summed E-state index contributed by atoms with van der Waals surface area (Å²) in [7, 11) is 0. The number of benzene rings is 1. The molecule has 0 saturated heterocycles. The van der Waals surface area contributed by atoms with Crippen molar-refractivity contribution in [1.29, 1.82) is 0 Å². The van der Waals surface area contributed by atoms with Crippen molar-refractivity contribution in [3.05, 3.63) is 35.4 Å². The lowest BCUT2D eigenvalue weighted by Gasteiger charge is -2.19. The Balaban J connectivity index is 1.74. The maximum atomic E-state index is 12.5. The fourth-order valence-electron chi connectivity index (χ4n) is 3.06. The molecular formula is C20H32N4O. The van der Waals surface area contributed by atoms with Crippen LogP contribution in [0.3, 0.4) is 0 Å². The molecule has 0 spiro atoms. The molecule has 0 aliphatic carbocycles. The lowest BCUT2D eigenvalue weighted by Crippen LogP contribution is -2.44. The Morgan fingerprint density at radius 2 is 2.08 bits per heavy atom. The van der Waals surface area contributed by atoms with Crippen LogP contribution in [-0.2, 0) is 11.2 Å². The highest BCUT2D eigenvalue weighted by molar-refractivity contribution is 5.83. The van der Waals surface area contributed by atoms with Crippen LogP contribution in [0.2, 0.25) is 0 Å². The maximum absolute atomic E-state index is 12.5. The van der Waals surface area contributed by atoms with Gasteiger partial charge in [0.1, 0.15) is 0 Å². The number of aliphatic imine (C=N–C) groups is 1. The van der Waals surface area contributed by atoms with Gasteiger partial charge in [0.2, 0.25) is 5.91 Å². The van der Waals surface area contributed by atoms with E-state index in [1.165, 1.54) is 5.56 Å². The van der Waals surface area contributed by atoms with E-state index in [0.717, 1.165) is 37.9 Å². The van der Waals surface area contributed by atoms with Gasteiger partial charge in [0.05, 0.1) is 5.92 Å². The van der Waals surface area contributed by atoms with Crippen LogP contribution in [0.5, 0.6) is 0 Å². The minimum atomic E-state index is -0.118. The van der Waals surface area contributed by atoms with E-state index in [1.54, 1.807) is 0 Å². The smallest absolute Gasteiger partial charge is 0.227 e. The molecule has 0 aromatic heterocycles. The maximum Gasteiger partial charge on any atom is 0.227 e. The minimum Gasteiger partial charge on any atom is -0.356 e. The summed E-state index contributed by atoms with van der Waals surface area (Å²) in [6, 6.07) is 8.29. The van der Waals surface area contributed by atoms with Crippen molar-refractivity contribution in [2.45, 2.75) is 52.2 Å². The van der Waals surface area contributed by atoms with E-state index < -0.39 is 0 Å². The van der Waals surface area contributed by atoms with E-state index >= 15 is 0 Å². The van der Waals surface area contributed by atoms with E-state index in [-0.39, 0.29) is 18.1 Å². The van der Waals surface area contributed by atoms with E-state index in [2.05, 4.69) is 53.0 Å². The number of rotatable bonds is 9. The van der Waals surface area contributed by atoms with E-state index in [4.69, 9.17) is 0 Å². The first kappa shape index (κ1) is 19.6. The van der Waals surface area contributed by atoms with Crippen molar-refractivity contribution in [3.8, 4) is 0 Å². The van der Waals surface area contributed by atoms with Crippen LogP contribution in [0.25, 0.3) is 0 Å². The number of amides is 1. The molecule has 1 heterocycles. The summed E-state index contributed by atoms with van der Waals surface area (Å²) >= 11 is 0. The van der Waals surface area contributed by atoms with Crippen LogP contribution in [0, 0.1) is 5.92 Å². The van der Waals surface area contributed by atoms with Gasteiger partial charge in [0.15, 0.2) is 6.29 Å². The highest BCUT2D eigenvalue weighted by atomic mass is 16.1. The predicted octanol–water partition coefficient (Wildman–Crippen LogP) is 2.43. The molecule has 2 unspecified atom stereocenters. The fraction of sp³-hybridized carbons (Fsp3) is 0.600. The van der Waals surface area contributed by atoms with Gasteiger partial charge in [-0.05, 0) is 49.8 Å². The summed E-state index contributed by atoms with van der Waals surface area (Å²) < 4.78 is 0. The number of hydrogen-bond acceptors (Lipinski definition) is 4. The van der Waals surface area contributed by atoms with Crippen LogP contribution in [0.15, 0.2) is 29.3 Å². The summed E-state index contributed by atoms with van der Waals surface area (Å²) in [5.74, 6) is 0.566. The Bertz CT molecular complexity index is 571. The molecule has 5 nitrogen and oxygen atoms in total. The summed E-state index contributed by atoms with van der Waals surface area (Å²) in [6.45, 7) is 8.88. The number of hydrogen-bond donors (Lipinski definition) is 3. The fourth-order valence-corrected chi connectivity index (χ4v) is 3.06. The van der Waals surface area contributed by atoms with Crippen molar-refractivity contribution in [1.82, 2.24) is 16.0 Å². The molecule has 0 fully saturated rings. The Morgan fingerprint density at radius 3 is 2.80 bits per heavy atom. The molecule has 1 aliphatic heterocycles. The second kappa shape index (κ2) is 10.3. The lowest BCUT2D eigenvalue weighted by atomic mass is 9.90. The normalized spacial score (nSPS) is 18.3. The van der Waals surface area contributed by atoms with Crippen LogP contribution in [-0.4, -0.2) is 38.0 Å². The van der Waals surface area contributed by atoms with Crippen LogP contribution >= 0.6 is 0 Å². The Kier molecular flexibility index (Phi) is 8.09. The summed E-state index contributed by atoms with van der Waals surface area (Å²) in [5.41, 5.74) is 2.43. The first-order valence-electron chi connectivity index (χ1n) is 9.42. The second-order valence-corrected chi connectivity index (χ2v) is 7.09. The van der Waals surface area contributed by atoms with Gasteiger partial charge in [0, 0.05) is 19.3 Å². The third-order valence-electron chi connectivity index (χ3n) is 4.40. The Hall–Kier alpha value is -1.72. The van der Waals surface area contributed by atoms with Crippen molar-refractivity contribution >= 4 is 12.1 Å². The SMILES string of the molecule is CC(C)Cc1ccccc1C(C)C(=O)NCCCNC1N=CCCN1. The van der Waals surface area contributed by atoms with Gasteiger partial charge >= 0.3 is 0 Å². The second-order valence-electron chi connectivity index (χ2n) is 7.09. The monoisotopic (exact) mass is 344 g/mol. The summed E-state index contributed by atoms with van der Waals surface area (Å²) in [5, 5.41) is 9.67. The molecule has 1 aromatic carbocycles. The molecular weight excluding hydrogens is 312 g/mol. The van der Waals surface area contributed by atoms with E-state index in [9.17, 15) is 4.79 Å². The molecule has 0 bridgehead atoms. The quantitative estimate of drug-likeness (QED) is 0.603. The van der Waals surface area contributed by atoms with Crippen molar-refractivity contribution in [2.75, 3.05) is 19.6 Å². The largest absolute Gasteiger partial charge is 0.356 e. The zero-order chi connectivity index (χ0) is 18.1. The molecule has 1 aromatic rings. The number of carbonyl (C=O) groups is 1. The number of nitrogens with one attached hydrogen (secondary N) is 3. The topological polar surface area (TPSA) is 65.5 Å². The molecule has 2 rings (SSSR count). The van der Waals surface area contributed by atoms with Gasteiger partial charge < -0.3 is 5.32 Å². The molecule has 1 amide bonds. The first-order valence-corrected chi connectivity index (χ1v) is 9.42. The Labute approximate surface area is 151 Å². The third-order valence-corrected chi connectivity index (χ3v) is 4.40. The highest BCUT2D eigenvalue weighted by Crippen LogP contribution is 2.22. The van der Waals surface area contributed by atoms with Gasteiger partial charge in [-0.15, -0.1) is 0 Å². The van der Waals surface area contributed by atoms with Crippen molar-refractivity contribution in [2.24, 2.45) is 10.9 Å². The third kappa shape index (κ3) is 6.59. The average molecular weight is 345 g/mol. The van der Waals surface area contributed by atoms with Crippen LogP contribution in [0.1, 0.15) is 50.7 Å². The molecule has 2 atom stereocenters. The molecule has 5 heteroatoms. The standard InChI is InChI=1S/C20H32N4O/c1-15(2)14-17-8-4-5-9-18(17)16(3)19(25)21-10-6-11-22-20-23-12-7-13-24-20/h4-5,8-9,12,15-16,20,22,24H,6-7,10-11,13-14H2,1-3H3,(H,21,25). The number of nitrogens with zero attached hydrogens (tertiary/aromatic N) is 1. The Morgan fingerprint density at radius 1 is 1.28 bits per heavy atom. The number of carbonyl (C=O) groups excluding carboxylic acids is 1. The highest BCUT2D eigenvalue weighted by Gasteiger charge is 2.18. The van der Waals surface area contributed by atoms with Gasteiger partial charge in [-0.3, -0.25) is 20.4 Å². The van der Waals surface area contributed by atoms with Crippen molar-refractivity contribution < 1.29 is 4.79 Å². The van der Waals surface area contributed by atoms with Crippen LogP contribution in [0.4, 0.5) is 0 Å². The summed E-state index contributed by atoms with van der Waals surface area (Å²) in [6.07, 6.45) is 4.86. The average Bonchev–Trinajstić information content (AvgIpc) is 2.61. The van der Waals surface area contributed by atoms with E-state index in [0.29, 0.717) is 12.5 Å². The molecule has 1 aliphatic rings. The summed E-state index contributed by atoms with van der Waals surface area (Å²) in [4.78, 5) is 16.8. The molecule has 138 valence electrons.